The molecule has 0 aliphatic carbocycles. The number of hydrogen-bond donors (Lipinski definition) is 1. The molecule has 0 radical (unpaired) electrons. The van der Waals surface area contributed by atoms with Crippen molar-refractivity contribution in [3.63, 3.8) is 0 Å². The van der Waals surface area contributed by atoms with E-state index in [0.717, 1.165) is 33.7 Å². The molecule has 1 heterocycles. The number of benzene rings is 1. The van der Waals surface area contributed by atoms with E-state index < -0.39 is 0 Å². The van der Waals surface area contributed by atoms with Crippen molar-refractivity contribution in [2.75, 3.05) is 7.11 Å². The van der Waals surface area contributed by atoms with Gasteiger partial charge in [0.2, 0.25) is 0 Å². The Morgan fingerprint density at radius 2 is 1.84 bits per heavy atom. The van der Waals surface area contributed by atoms with Crippen LogP contribution in [-0.4, -0.2) is 12.1 Å². The highest BCUT2D eigenvalue weighted by atomic mass is 16.5. The molecule has 2 rings (SSSR count). The summed E-state index contributed by atoms with van der Waals surface area (Å²) in [6.45, 7) is 6.11. The Bertz CT molecular complexity index is 593. The van der Waals surface area contributed by atoms with E-state index in [1.54, 1.807) is 13.3 Å². The fourth-order valence-electron chi connectivity index (χ4n) is 2.34. The van der Waals surface area contributed by atoms with E-state index in [2.05, 4.69) is 18.0 Å². The molecule has 1 unspecified atom stereocenters. The Morgan fingerprint density at radius 1 is 1.11 bits per heavy atom. The van der Waals surface area contributed by atoms with Gasteiger partial charge >= 0.3 is 0 Å². The minimum absolute atomic E-state index is 0.203. The Hall–Kier alpha value is -1.87. The van der Waals surface area contributed by atoms with Crippen molar-refractivity contribution >= 4 is 0 Å². The van der Waals surface area contributed by atoms with Crippen molar-refractivity contribution in [1.29, 1.82) is 0 Å². The topological polar surface area (TPSA) is 48.1 Å². The van der Waals surface area contributed by atoms with Crippen molar-refractivity contribution in [2.45, 2.75) is 26.8 Å². The molecule has 100 valence electrons. The first kappa shape index (κ1) is 13.6. The lowest BCUT2D eigenvalue weighted by Crippen LogP contribution is -2.16. The molecule has 0 aliphatic heterocycles. The molecule has 0 fully saturated rings. The van der Waals surface area contributed by atoms with Gasteiger partial charge in [-0.25, -0.2) is 0 Å². The summed E-state index contributed by atoms with van der Waals surface area (Å²) in [6, 6.07) is 7.88. The highest BCUT2D eigenvalue weighted by Crippen LogP contribution is 2.29. The highest BCUT2D eigenvalue weighted by Gasteiger charge is 2.16. The third-order valence-electron chi connectivity index (χ3n) is 3.46. The Labute approximate surface area is 114 Å². The largest absolute Gasteiger partial charge is 0.496 e. The number of rotatable bonds is 3. The minimum Gasteiger partial charge on any atom is -0.496 e. The van der Waals surface area contributed by atoms with Gasteiger partial charge in [-0.15, -0.1) is 0 Å². The van der Waals surface area contributed by atoms with E-state index in [1.807, 2.05) is 32.0 Å². The SMILES string of the molecule is COc1cc(C)c(C(N)c2ncccc2C)cc1C. The minimum atomic E-state index is -0.203. The maximum absolute atomic E-state index is 6.38. The van der Waals surface area contributed by atoms with Gasteiger partial charge in [0.05, 0.1) is 18.8 Å². The molecule has 0 saturated carbocycles. The molecule has 0 spiro atoms. The van der Waals surface area contributed by atoms with Gasteiger partial charge in [0.25, 0.3) is 0 Å². The quantitative estimate of drug-likeness (QED) is 0.918. The van der Waals surface area contributed by atoms with Crippen LogP contribution in [0, 0.1) is 20.8 Å². The summed E-state index contributed by atoms with van der Waals surface area (Å²) in [6.07, 6.45) is 1.79. The van der Waals surface area contributed by atoms with Crippen LogP contribution in [0.5, 0.6) is 5.75 Å². The molecule has 2 N–H and O–H groups in total. The zero-order valence-corrected chi connectivity index (χ0v) is 11.9. The molecule has 3 nitrogen and oxygen atoms in total. The number of methoxy groups -OCH3 is 1. The van der Waals surface area contributed by atoms with Gasteiger partial charge in [0, 0.05) is 6.20 Å². The van der Waals surface area contributed by atoms with Gasteiger partial charge in [0.15, 0.2) is 0 Å². The van der Waals surface area contributed by atoms with Crippen molar-refractivity contribution in [3.8, 4) is 5.75 Å². The summed E-state index contributed by atoms with van der Waals surface area (Å²) in [7, 11) is 1.68. The second kappa shape index (κ2) is 5.41. The van der Waals surface area contributed by atoms with E-state index in [9.17, 15) is 0 Å². The average molecular weight is 256 g/mol. The molecule has 0 saturated heterocycles. The molecule has 0 bridgehead atoms. The van der Waals surface area contributed by atoms with Crippen LogP contribution in [0.25, 0.3) is 0 Å². The maximum Gasteiger partial charge on any atom is 0.122 e. The van der Waals surface area contributed by atoms with Crippen LogP contribution in [-0.2, 0) is 0 Å². The Morgan fingerprint density at radius 3 is 2.47 bits per heavy atom. The van der Waals surface area contributed by atoms with Gasteiger partial charge in [-0.1, -0.05) is 12.1 Å². The molecule has 1 atom stereocenters. The summed E-state index contributed by atoms with van der Waals surface area (Å²) in [5.74, 6) is 0.895. The number of pyridine rings is 1. The fraction of sp³-hybridized carbons (Fsp3) is 0.312. The van der Waals surface area contributed by atoms with Gasteiger partial charge < -0.3 is 10.5 Å². The molecule has 3 heteroatoms. The number of nitrogens with two attached hydrogens (primary N) is 1. The van der Waals surface area contributed by atoms with E-state index in [4.69, 9.17) is 10.5 Å². The van der Waals surface area contributed by atoms with E-state index >= 15 is 0 Å². The smallest absolute Gasteiger partial charge is 0.122 e. The van der Waals surface area contributed by atoms with E-state index in [0.29, 0.717) is 0 Å². The monoisotopic (exact) mass is 256 g/mol. The molecule has 19 heavy (non-hydrogen) atoms. The predicted molar refractivity (Wildman–Crippen MR) is 77.5 cm³/mol. The van der Waals surface area contributed by atoms with Gasteiger partial charge in [-0.05, 0) is 55.2 Å². The van der Waals surface area contributed by atoms with Crippen LogP contribution in [0.1, 0.15) is 34.0 Å². The first-order valence-electron chi connectivity index (χ1n) is 6.36. The number of nitrogens with zero attached hydrogens (tertiary/aromatic N) is 1. The molecular formula is C16H20N2O. The summed E-state index contributed by atoms with van der Waals surface area (Å²) in [4.78, 5) is 4.41. The summed E-state index contributed by atoms with van der Waals surface area (Å²) < 4.78 is 5.33. The van der Waals surface area contributed by atoms with Crippen molar-refractivity contribution < 1.29 is 4.74 Å². The van der Waals surface area contributed by atoms with Gasteiger partial charge in [-0.2, -0.15) is 0 Å². The lowest BCUT2D eigenvalue weighted by Gasteiger charge is -2.18. The van der Waals surface area contributed by atoms with Crippen LogP contribution >= 0.6 is 0 Å². The Balaban J connectivity index is 2.48. The van der Waals surface area contributed by atoms with E-state index in [1.165, 1.54) is 0 Å². The predicted octanol–water partition coefficient (Wildman–Crippen LogP) is 3.06. The zero-order valence-electron chi connectivity index (χ0n) is 11.9. The Kier molecular flexibility index (Phi) is 3.86. The highest BCUT2D eigenvalue weighted by molar-refractivity contribution is 5.45. The third kappa shape index (κ3) is 2.61. The van der Waals surface area contributed by atoms with Gasteiger partial charge in [0.1, 0.15) is 5.75 Å². The molecule has 1 aromatic heterocycles. The lowest BCUT2D eigenvalue weighted by molar-refractivity contribution is 0.411. The summed E-state index contributed by atoms with van der Waals surface area (Å²) in [5.41, 5.74) is 11.7. The molecule has 1 aromatic carbocycles. The number of aryl methyl sites for hydroxylation is 3. The second-order valence-electron chi connectivity index (χ2n) is 4.86. The first-order chi connectivity index (χ1) is 9.04. The number of ether oxygens (including phenoxy) is 1. The molecular weight excluding hydrogens is 236 g/mol. The number of hydrogen-bond acceptors (Lipinski definition) is 3. The second-order valence-corrected chi connectivity index (χ2v) is 4.86. The first-order valence-corrected chi connectivity index (χ1v) is 6.36. The lowest BCUT2D eigenvalue weighted by atomic mass is 9.95. The normalized spacial score (nSPS) is 12.3. The fourth-order valence-corrected chi connectivity index (χ4v) is 2.34. The number of aromatic nitrogens is 1. The van der Waals surface area contributed by atoms with Crippen LogP contribution in [0.4, 0.5) is 0 Å². The van der Waals surface area contributed by atoms with E-state index in [-0.39, 0.29) is 6.04 Å². The van der Waals surface area contributed by atoms with Crippen molar-refractivity contribution in [1.82, 2.24) is 4.98 Å². The summed E-state index contributed by atoms with van der Waals surface area (Å²) >= 11 is 0. The van der Waals surface area contributed by atoms with Crippen molar-refractivity contribution in [3.05, 3.63) is 58.4 Å². The maximum atomic E-state index is 6.38. The third-order valence-corrected chi connectivity index (χ3v) is 3.46. The average Bonchev–Trinajstić information content (AvgIpc) is 2.40. The zero-order chi connectivity index (χ0) is 14.0. The van der Waals surface area contributed by atoms with Gasteiger partial charge in [-0.3, -0.25) is 4.98 Å². The van der Waals surface area contributed by atoms with Crippen LogP contribution in [0.2, 0.25) is 0 Å². The molecule has 0 amide bonds. The molecule has 2 aromatic rings. The van der Waals surface area contributed by atoms with Crippen LogP contribution in [0.3, 0.4) is 0 Å². The summed E-state index contributed by atoms with van der Waals surface area (Å²) in [5, 5.41) is 0. The standard InChI is InChI=1S/C16H20N2O/c1-10-6-5-7-18-16(10)15(17)13-8-12(3)14(19-4)9-11(13)2/h5-9,15H,17H2,1-4H3. The van der Waals surface area contributed by atoms with Crippen LogP contribution < -0.4 is 10.5 Å². The molecule has 0 aliphatic rings. The van der Waals surface area contributed by atoms with Crippen LogP contribution in [0.15, 0.2) is 30.5 Å². The van der Waals surface area contributed by atoms with Crippen molar-refractivity contribution in [2.24, 2.45) is 5.73 Å².